The Labute approximate surface area is 121 Å². The largest absolute Gasteiger partial charge is 0.481 e. The van der Waals surface area contributed by atoms with Crippen LogP contribution in [0.5, 0.6) is 0 Å². The Morgan fingerprint density at radius 2 is 1.81 bits per heavy atom. The van der Waals surface area contributed by atoms with Crippen LogP contribution in [0, 0.1) is 11.8 Å². The molecule has 0 aliphatic heterocycles. The zero-order valence-electron chi connectivity index (χ0n) is 11.2. The van der Waals surface area contributed by atoms with Crippen LogP contribution in [-0.4, -0.2) is 32.9 Å². The van der Waals surface area contributed by atoms with E-state index in [4.69, 9.17) is 0 Å². The Morgan fingerprint density at radius 3 is 2.38 bits per heavy atom. The number of carbonyl (C=O) groups excluding carboxylic acids is 1. The van der Waals surface area contributed by atoms with E-state index in [0.717, 1.165) is 6.08 Å². The molecule has 1 aliphatic rings. The number of hydrogen-bond acceptors (Lipinski definition) is 4. The second kappa shape index (κ2) is 6.03. The first-order valence-corrected chi connectivity index (χ1v) is 6.52. The molecule has 0 radical (unpaired) electrons. The number of allylic oxidation sites excluding steroid dienone is 2. The molecule has 5 heteroatoms. The lowest BCUT2D eigenvalue weighted by Gasteiger charge is -2.31. The van der Waals surface area contributed by atoms with Crippen molar-refractivity contribution in [3.8, 4) is 0 Å². The summed E-state index contributed by atoms with van der Waals surface area (Å²) < 4.78 is 0. The van der Waals surface area contributed by atoms with E-state index in [1.165, 1.54) is 18.2 Å². The number of aliphatic hydroxyl groups is 2. The van der Waals surface area contributed by atoms with Crippen molar-refractivity contribution in [3.63, 3.8) is 0 Å². The molecule has 0 aromatic heterocycles. The summed E-state index contributed by atoms with van der Waals surface area (Å²) in [5, 5.41) is 29.0. The highest BCUT2D eigenvalue weighted by Gasteiger charge is 2.44. The second-order valence-electron chi connectivity index (χ2n) is 5.00. The molecule has 2 unspecified atom stereocenters. The van der Waals surface area contributed by atoms with Crippen molar-refractivity contribution in [3.05, 3.63) is 60.2 Å². The van der Waals surface area contributed by atoms with Gasteiger partial charge in [-0.15, -0.1) is 0 Å². The van der Waals surface area contributed by atoms with Gasteiger partial charge in [0.05, 0.1) is 5.92 Å². The molecule has 1 aromatic rings. The van der Waals surface area contributed by atoms with Crippen molar-refractivity contribution in [1.29, 1.82) is 0 Å². The smallest absolute Gasteiger partial charge is 0.314 e. The van der Waals surface area contributed by atoms with Crippen LogP contribution in [0.15, 0.2) is 54.6 Å². The first-order chi connectivity index (χ1) is 9.92. The minimum atomic E-state index is -2.34. The van der Waals surface area contributed by atoms with E-state index in [0.29, 0.717) is 5.56 Å². The molecule has 5 nitrogen and oxygen atoms in total. The summed E-state index contributed by atoms with van der Waals surface area (Å²) in [6.07, 6.45) is 5.24. The Bertz CT molecular complexity index is 586. The Kier molecular flexibility index (Phi) is 4.35. The lowest BCUT2D eigenvalue weighted by molar-refractivity contribution is -0.177. The third-order valence-corrected chi connectivity index (χ3v) is 3.45. The fourth-order valence-electron chi connectivity index (χ4n) is 2.39. The molecule has 21 heavy (non-hydrogen) atoms. The standard InChI is InChI=1S/C16H16O5/c17-13(10-11-6-2-1-3-7-11)14(15(18)19)12-8-4-5-9-16(12,20)21/h1-9,12,14,20-21H,10H2,(H,18,19). The predicted octanol–water partition coefficient (Wildman–Crippen LogP) is 0.922. The third-order valence-electron chi connectivity index (χ3n) is 3.45. The Balaban J connectivity index is 2.23. The molecule has 0 saturated carbocycles. The summed E-state index contributed by atoms with van der Waals surface area (Å²) >= 11 is 0. The highest BCUT2D eigenvalue weighted by molar-refractivity contribution is 6.00. The van der Waals surface area contributed by atoms with Crippen LogP contribution in [-0.2, 0) is 16.0 Å². The molecule has 0 fully saturated rings. The van der Waals surface area contributed by atoms with Crippen molar-refractivity contribution < 1.29 is 24.9 Å². The SMILES string of the molecule is O=C(O)C(C(=O)Cc1ccccc1)C1C=CC=CC1(O)O. The summed E-state index contributed by atoms with van der Waals surface area (Å²) in [6, 6.07) is 8.75. The van der Waals surface area contributed by atoms with Gasteiger partial charge in [-0.2, -0.15) is 0 Å². The van der Waals surface area contributed by atoms with E-state index >= 15 is 0 Å². The normalized spacial score (nSPS) is 21.0. The van der Waals surface area contributed by atoms with Crippen molar-refractivity contribution in [2.45, 2.75) is 12.2 Å². The molecule has 1 aromatic carbocycles. The van der Waals surface area contributed by atoms with Gasteiger partial charge in [0.2, 0.25) is 0 Å². The zero-order chi connectivity index (χ0) is 15.5. The minimum Gasteiger partial charge on any atom is -0.481 e. The van der Waals surface area contributed by atoms with Crippen LogP contribution in [0.4, 0.5) is 0 Å². The van der Waals surface area contributed by atoms with Crippen LogP contribution < -0.4 is 0 Å². The summed E-state index contributed by atoms with van der Waals surface area (Å²) in [6.45, 7) is 0. The van der Waals surface area contributed by atoms with E-state index < -0.39 is 29.4 Å². The van der Waals surface area contributed by atoms with Gasteiger partial charge in [-0.25, -0.2) is 0 Å². The number of rotatable bonds is 5. The van der Waals surface area contributed by atoms with Crippen LogP contribution in [0.2, 0.25) is 0 Å². The minimum absolute atomic E-state index is 0.0675. The number of ketones is 1. The maximum atomic E-state index is 12.3. The van der Waals surface area contributed by atoms with Crippen LogP contribution in [0.3, 0.4) is 0 Å². The van der Waals surface area contributed by atoms with Crippen molar-refractivity contribution in [2.75, 3.05) is 0 Å². The van der Waals surface area contributed by atoms with Crippen molar-refractivity contribution in [2.24, 2.45) is 11.8 Å². The first-order valence-electron chi connectivity index (χ1n) is 6.52. The number of carboxylic acids is 1. The number of hydrogen-bond donors (Lipinski definition) is 3. The van der Waals surface area contributed by atoms with Crippen molar-refractivity contribution in [1.82, 2.24) is 0 Å². The summed E-state index contributed by atoms with van der Waals surface area (Å²) in [4.78, 5) is 23.7. The van der Waals surface area contributed by atoms with E-state index in [2.05, 4.69) is 0 Å². The van der Waals surface area contributed by atoms with Gasteiger partial charge < -0.3 is 15.3 Å². The molecule has 0 heterocycles. The van der Waals surface area contributed by atoms with E-state index in [-0.39, 0.29) is 6.42 Å². The highest BCUT2D eigenvalue weighted by Crippen LogP contribution is 2.30. The number of carbonyl (C=O) groups is 2. The van der Waals surface area contributed by atoms with Gasteiger partial charge in [0, 0.05) is 6.42 Å². The van der Waals surface area contributed by atoms with Gasteiger partial charge in [0.15, 0.2) is 11.6 Å². The molecule has 0 saturated heterocycles. The maximum Gasteiger partial charge on any atom is 0.314 e. The van der Waals surface area contributed by atoms with Crippen molar-refractivity contribution >= 4 is 11.8 Å². The maximum absolute atomic E-state index is 12.3. The highest BCUT2D eigenvalue weighted by atomic mass is 16.5. The van der Waals surface area contributed by atoms with Crippen LogP contribution >= 0.6 is 0 Å². The molecule has 0 amide bonds. The third kappa shape index (κ3) is 3.45. The van der Waals surface area contributed by atoms with Gasteiger partial charge in [-0.05, 0) is 11.6 Å². The monoisotopic (exact) mass is 288 g/mol. The lowest BCUT2D eigenvalue weighted by Crippen LogP contribution is -2.46. The molecule has 2 rings (SSSR count). The fourth-order valence-corrected chi connectivity index (χ4v) is 2.39. The molecule has 110 valence electrons. The predicted molar refractivity (Wildman–Crippen MR) is 75.2 cm³/mol. The Morgan fingerprint density at radius 1 is 1.14 bits per heavy atom. The topological polar surface area (TPSA) is 94.8 Å². The average Bonchev–Trinajstić information content (AvgIpc) is 2.41. The molecule has 1 aliphatic carbocycles. The summed E-state index contributed by atoms with van der Waals surface area (Å²) in [5.41, 5.74) is 0.686. The molecule has 0 bridgehead atoms. The fraction of sp³-hybridized carbons (Fsp3) is 0.250. The lowest BCUT2D eigenvalue weighted by atomic mass is 9.78. The van der Waals surface area contributed by atoms with Gasteiger partial charge >= 0.3 is 5.97 Å². The van der Waals surface area contributed by atoms with Crippen LogP contribution in [0.1, 0.15) is 5.56 Å². The van der Waals surface area contributed by atoms with E-state index in [1.807, 2.05) is 0 Å². The first kappa shape index (κ1) is 15.2. The molecule has 2 atom stereocenters. The molecular weight excluding hydrogens is 272 g/mol. The second-order valence-corrected chi connectivity index (χ2v) is 5.00. The molecular formula is C16H16O5. The van der Waals surface area contributed by atoms with E-state index in [9.17, 15) is 24.9 Å². The Hall–Kier alpha value is -2.24. The summed E-state index contributed by atoms with van der Waals surface area (Å²) in [7, 11) is 0. The zero-order valence-corrected chi connectivity index (χ0v) is 11.2. The number of Topliss-reactive ketones (excluding diaryl/α,β-unsaturated/α-hetero) is 1. The van der Waals surface area contributed by atoms with Gasteiger partial charge in [-0.3, -0.25) is 9.59 Å². The summed E-state index contributed by atoms with van der Waals surface area (Å²) in [5.74, 6) is -7.00. The number of aliphatic carboxylic acids is 1. The van der Waals surface area contributed by atoms with Crippen LogP contribution in [0.25, 0.3) is 0 Å². The number of benzene rings is 1. The van der Waals surface area contributed by atoms with Gasteiger partial charge in [0.25, 0.3) is 0 Å². The van der Waals surface area contributed by atoms with E-state index in [1.54, 1.807) is 30.3 Å². The molecule has 3 N–H and O–H groups in total. The van der Waals surface area contributed by atoms with Gasteiger partial charge in [0.1, 0.15) is 5.92 Å². The quantitative estimate of drug-likeness (QED) is 0.553. The molecule has 0 spiro atoms. The van der Waals surface area contributed by atoms with Gasteiger partial charge in [-0.1, -0.05) is 48.6 Å². The number of carboxylic acid groups (broad SMARTS) is 1. The average molecular weight is 288 g/mol.